The zero-order valence-electron chi connectivity index (χ0n) is 16.4. The van der Waals surface area contributed by atoms with Gasteiger partial charge in [0.15, 0.2) is 11.6 Å². The number of carbonyl (C=O) groups excluding carboxylic acids is 3. The van der Waals surface area contributed by atoms with Crippen molar-refractivity contribution in [3.63, 3.8) is 0 Å². The van der Waals surface area contributed by atoms with Crippen LogP contribution in [-0.2, 0) is 22.7 Å². The van der Waals surface area contributed by atoms with E-state index in [1.165, 1.54) is 6.26 Å². The van der Waals surface area contributed by atoms with Crippen LogP contribution in [0.25, 0.3) is 10.8 Å². The van der Waals surface area contributed by atoms with Crippen molar-refractivity contribution in [3.05, 3.63) is 83.4 Å². The second-order valence-electron chi connectivity index (χ2n) is 7.38. The van der Waals surface area contributed by atoms with E-state index < -0.39 is 11.8 Å². The lowest BCUT2D eigenvalue weighted by atomic mass is 9.96. The van der Waals surface area contributed by atoms with Crippen molar-refractivity contribution in [1.29, 1.82) is 0 Å². The molecule has 154 valence electrons. The number of hydrogen-bond donors (Lipinski definition) is 2. The van der Waals surface area contributed by atoms with Crippen LogP contribution in [0.15, 0.2) is 65.3 Å². The summed E-state index contributed by atoms with van der Waals surface area (Å²) in [5.41, 5.74) is 2.06. The Bertz CT molecular complexity index is 1290. The predicted octanol–water partition coefficient (Wildman–Crippen LogP) is 3.23. The fraction of sp³-hybridized carbons (Fsp3) is 0.130. The number of aromatic nitrogens is 2. The Morgan fingerprint density at radius 1 is 1.10 bits per heavy atom. The fourth-order valence-electron chi connectivity index (χ4n) is 3.83. The third-order valence-electron chi connectivity index (χ3n) is 5.46. The van der Waals surface area contributed by atoms with Gasteiger partial charge in [0.2, 0.25) is 5.91 Å². The summed E-state index contributed by atoms with van der Waals surface area (Å²) in [7, 11) is 0. The quantitative estimate of drug-likeness (QED) is 0.385. The zero-order chi connectivity index (χ0) is 21.4. The van der Waals surface area contributed by atoms with E-state index in [0.717, 1.165) is 22.0 Å². The lowest BCUT2D eigenvalue weighted by Crippen LogP contribution is -2.26. The predicted molar refractivity (Wildman–Crippen MR) is 112 cm³/mol. The molecule has 0 saturated heterocycles. The molecule has 2 aromatic heterocycles. The average molecular weight is 414 g/mol. The van der Waals surface area contributed by atoms with Crippen molar-refractivity contribution in [2.24, 2.45) is 0 Å². The van der Waals surface area contributed by atoms with E-state index in [1.807, 2.05) is 36.4 Å². The van der Waals surface area contributed by atoms with E-state index >= 15 is 0 Å². The molecule has 2 N–H and O–H groups in total. The van der Waals surface area contributed by atoms with Gasteiger partial charge in [0.25, 0.3) is 5.91 Å². The summed E-state index contributed by atoms with van der Waals surface area (Å²) in [5, 5.41) is 11.7. The van der Waals surface area contributed by atoms with E-state index in [4.69, 9.17) is 4.42 Å². The Labute approximate surface area is 176 Å². The summed E-state index contributed by atoms with van der Waals surface area (Å²) in [6.07, 6.45) is 2.07. The fourth-order valence-corrected chi connectivity index (χ4v) is 3.83. The van der Waals surface area contributed by atoms with Crippen molar-refractivity contribution in [2.75, 3.05) is 5.32 Å². The highest BCUT2D eigenvalue weighted by Crippen LogP contribution is 2.29. The van der Waals surface area contributed by atoms with Crippen molar-refractivity contribution in [3.8, 4) is 0 Å². The van der Waals surface area contributed by atoms with Crippen LogP contribution in [0.3, 0.4) is 0 Å². The highest BCUT2D eigenvalue weighted by molar-refractivity contribution is 6.06. The van der Waals surface area contributed by atoms with Gasteiger partial charge in [-0.15, -0.1) is 0 Å². The molecule has 0 radical (unpaired) electrons. The van der Waals surface area contributed by atoms with Gasteiger partial charge in [-0.1, -0.05) is 36.4 Å². The number of aldehydes is 1. The molecule has 0 spiro atoms. The Kier molecular flexibility index (Phi) is 4.59. The Balaban J connectivity index is 1.34. The summed E-state index contributed by atoms with van der Waals surface area (Å²) in [5.74, 6) is -1.12. The lowest BCUT2D eigenvalue weighted by Gasteiger charge is -2.15. The normalized spacial score (nSPS) is 13.7. The molecule has 2 amide bonds. The second kappa shape index (κ2) is 7.56. The molecule has 4 aromatic rings. The van der Waals surface area contributed by atoms with Crippen molar-refractivity contribution >= 4 is 34.7 Å². The highest BCUT2D eigenvalue weighted by atomic mass is 16.3. The maximum absolute atomic E-state index is 12.9. The van der Waals surface area contributed by atoms with E-state index in [2.05, 4.69) is 15.5 Å². The van der Waals surface area contributed by atoms with Gasteiger partial charge >= 0.3 is 0 Å². The molecule has 1 atom stereocenters. The van der Waals surface area contributed by atoms with Crippen LogP contribution < -0.4 is 5.32 Å². The molecular formula is C23H18N4O4. The SMILES string of the molecule is O=CC(C(=O)Nc1n[nH]c2c1CN(C(=O)c1ccco1)C2)c1ccc2ccccc2c1. The van der Waals surface area contributed by atoms with Gasteiger partial charge in [-0.25, -0.2) is 0 Å². The number of furan rings is 1. The molecule has 0 bridgehead atoms. The van der Waals surface area contributed by atoms with Crippen LogP contribution in [0.2, 0.25) is 0 Å². The largest absolute Gasteiger partial charge is 0.459 e. The number of rotatable bonds is 5. The molecule has 1 unspecified atom stereocenters. The molecule has 0 fully saturated rings. The minimum atomic E-state index is -0.973. The van der Waals surface area contributed by atoms with Crippen LogP contribution in [-0.4, -0.2) is 33.2 Å². The first-order chi connectivity index (χ1) is 15.1. The number of hydrogen-bond acceptors (Lipinski definition) is 5. The van der Waals surface area contributed by atoms with Gasteiger partial charge in [-0.3, -0.25) is 14.7 Å². The van der Waals surface area contributed by atoms with Crippen LogP contribution >= 0.6 is 0 Å². The van der Waals surface area contributed by atoms with Gasteiger partial charge in [-0.2, -0.15) is 5.10 Å². The Hall–Kier alpha value is -4.20. The standard InChI is InChI=1S/C23H18N4O4/c28-13-18(16-8-7-14-4-1-2-5-15(14)10-16)22(29)24-21-17-11-27(12-19(17)25-26-21)23(30)20-6-3-9-31-20/h1-10,13,18H,11-12H2,(H2,24,25,26,29). The Morgan fingerprint density at radius 2 is 1.94 bits per heavy atom. The second-order valence-corrected chi connectivity index (χ2v) is 7.38. The molecule has 1 aliphatic heterocycles. The van der Waals surface area contributed by atoms with E-state index in [0.29, 0.717) is 24.2 Å². The molecular weight excluding hydrogens is 396 g/mol. The molecule has 5 rings (SSSR count). The zero-order valence-corrected chi connectivity index (χ0v) is 16.4. The summed E-state index contributed by atoms with van der Waals surface area (Å²) >= 11 is 0. The molecule has 2 aromatic carbocycles. The number of amides is 2. The third kappa shape index (κ3) is 3.38. The van der Waals surface area contributed by atoms with Crippen molar-refractivity contribution < 1.29 is 18.8 Å². The summed E-state index contributed by atoms with van der Waals surface area (Å²) in [4.78, 5) is 38.8. The summed E-state index contributed by atoms with van der Waals surface area (Å²) in [6.45, 7) is 0.613. The number of fused-ring (bicyclic) bond motifs is 2. The van der Waals surface area contributed by atoms with Crippen LogP contribution in [0.5, 0.6) is 0 Å². The first kappa shape index (κ1) is 18.8. The van der Waals surface area contributed by atoms with E-state index in [-0.39, 0.29) is 18.2 Å². The van der Waals surface area contributed by atoms with Crippen LogP contribution in [0, 0.1) is 0 Å². The van der Waals surface area contributed by atoms with Gasteiger partial charge in [0, 0.05) is 5.56 Å². The first-order valence-corrected chi connectivity index (χ1v) is 9.78. The smallest absolute Gasteiger partial charge is 0.290 e. The molecule has 0 saturated carbocycles. The van der Waals surface area contributed by atoms with Gasteiger partial charge in [0.05, 0.1) is 25.0 Å². The number of anilines is 1. The average Bonchev–Trinajstić information content (AvgIpc) is 3.53. The van der Waals surface area contributed by atoms with E-state index in [9.17, 15) is 14.4 Å². The van der Waals surface area contributed by atoms with Crippen molar-refractivity contribution in [2.45, 2.75) is 19.0 Å². The van der Waals surface area contributed by atoms with Crippen LogP contribution in [0.4, 0.5) is 5.82 Å². The van der Waals surface area contributed by atoms with Gasteiger partial charge < -0.3 is 19.4 Å². The number of nitrogens with one attached hydrogen (secondary N) is 2. The molecule has 1 aliphatic rings. The highest BCUT2D eigenvalue weighted by Gasteiger charge is 2.31. The Morgan fingerprint density at radius 3 is 2.71 bits per heavy atom. The number of H-pyrrole nitrogens is 1. The summed E-state index contributed by atoms with van der Waals surface area (Å²) < 4.78 is 5.18. The number of benzene rings is 2. The van der Waals surface area contributed by atoms with E-state index in [1.54, 1.807) is 23.1 Å². The lowest BCUT2D eigenvalue weighted by molar-refractivity contribution is -0.122. The number of aromatic amines is 1. The topological polar surface area (TPSA) is 108 Å². The molecule has 31 heavy (non-hydrogen) atoms. The number of nitrogens with zero attached hydrogens (tertiary/aromatic N) is 2. The van der Waals surface area contributed by atoms with Crippen molar-refractivity contribution in [1.82, 2.24) is 15.1 Å². The molecule has 3 heterocycles. The molecule has 0 aliphatic carbocycles. The van der Waals surface area contributed by atoms with Gasteiger partial charge in [0.1, 0.15) is 12.2 Å². The molecule has 8 nitrogen and oxygen atoms in total. The third-order valence-corrected chi connectivity index (χ3v) is 5.46. The molecule has 8 heteroatoms. The maximum atomic E-state index is 12.9. The monoisotopic (exact) mass is 414 g/mol. The minimum Gasteiger partial charge on any atom is -0.459 e. The van der Waals surface area contributed by atoms with Crippen LogP contribution in [0.1, 0.15) is 33.3 Å². The minimum absolute atomic E-state index is 0.242. The summed E-state index contributed by atoms with van der Waals surface area (Å²) in [6, 6.07) is 16.5. The maximum Gasteiger partial charge on any atom is 0.290 e. The number of carbonyl (C=O) groups is 3. The first-order valence-electron chi connectivity index (χ1n) is 9.78. The van der Waals surface area contributed by atoms with Gasteiger partial charge in [-0.05, 0) is 34.5 Å².